The molecule has 3 rings (SSSR count). The predicted octanol–water partition coefficient (Wildman–Crippen LogP) is 3.70. The zero-order valence-electron chi connectivity index (χ0n) is 12.6. The summed E-state index contributed by atoms with van der Waals surface area (Å²) in [5.41, 5.74) is 6.74. The van der Waals surface area contributed by atoms with E-state index in [1.54, 1.807) is 12.1 Å². The van der Waals surface area contributed by atoms with Gasteiger partial charge in [0.25, 0.3) is 10.0 Å². The molecule has 130 valence electrons. The van der Waals surface area contributed by atoms with Crippen LogP contribution in [0.15, 0.2) is 58.6 Å². The summed E-state index contributed by atoms with van der Waals surface area (Å²) in [5, 5.41) is 5.36. The lowest BCUT2D eigenvalue weighted by Crippen LogP contribution is -2.17. The summed E-state index contributed by atoms with van der Waals surface area (Å²) in [4.78, 5) is 4.04. The molecule has 0 unspecified atom stereocenters. The summed E-state index contributed by atoms with van der Waals surface area (Å²) >= 11 is 12.9. The highest BCUT2D eigenvalue weighted by Crippen LogP contribution is 2.24. The Morgan fingerprint density at radius 1 is 1.00 bits per heavy atom. The van der Waals surface area contributed by atoms with Gasteiger partial charge in [0.05, 0.1) is 4.90 Å². The van der Waals surface area contributed by atoms with Crippen LogP contribution in [0.25, 0.3) is 0 Å². The van der Waals surface area contributed by atoms with Crippen molar-refractivity contribution in [2.24, 2.45) is 0 Å². The lowest BCUT2D eigenvalue weighted by molar-refractivity contribution is 0.579. The molecule has 0 radical (unpaired) electrons. The van der Waals surface area contributed by atoms with Crippen molar-refractivity contribution >= 4 is 50.9 Å². The smallest absolute Gasteiger partial charge is 0.286 e. The summed E-state index contributed by atoms with van der Waals surface area (Å²) in [5.74, 6) is 0.357. The van der Waals surface area contributed by atoms with Gasteiger partial charge in [-0.05, 0) is 42.0 Å². The summed E-state index contributed by atoms with van der Waals surface area (Å²) in [6.07, 6.45) is 0. The van der Waals surface area contributed by atoms with Crippen LogP contribution < -0.4 is 5.73 Å². The number of aromatic nitrogens is 3. The minimum Gasteiger partial charge on any atom is -0.367 e. The zero-order valence-corrected chi connectivity index (χ0v) is 15.8. The molecule has 2 aromatic carbocycles. The third-order valence-electron chi connectivity index (χ3n) is 3.20. The van der Waals surface area contributed by atoms with Gasteiger partial charge in [-0.15, -0.1) is 9.19 Å². The molecule has 0 bridgehead atoms. The Morgan fingerprint density at radius 3 is 2.16 bits per heavy atom. The lowest BCUT2D eigenvalue weighted by atomic mass is 10.2. The maximum absolute atomic E-state index is 12.6. The van der Waals surface area contributed by atoms with Crippen molar-refractivity contribution in [1.29, 1.82) is 0 Å². The van der Waals surface area contributed by atoms with E-state index in [2.05, 4.69) is 10.1 Å². The average Bonchev–Trinajstić information content (AvgIpc) is 2.96. The Labute approximate surface area is 159 Å². The van der Waals surface area contributed by atoms with Crippen molar-refractivity contribution < 1.29 is 8.42 Å². The summed E-state index contributed by atoms with van der Waals surface area (Å²) in [6.45, 7) is 0. The van der Waals surface area contributed by atoms with E-state index in [1.165, 1.54) is 36.0 Å². The lowest BCUT2D eigenvalue weighted by Gasteiger charge is -2.04. The Morgan fingerprint density at radius 2 is 1.56 bits per heavy atom. The second-order valence-electron chi connectivity index (χ2n) is 4.97. The Balaban J connectivity index is 1.82. The van der Waals surface area contributed by atoms with E-state index < -0.39 is 10.0 Å². The van der Waals surface area contributed by atoms with Crippen molar-refractivity contribution in [3.63, 3.8) is 0 Å². The Bertz CT molecular complexity index is 987. The highest BCUT2D eigenvalue weighted by molar-refractivity contribution is 7.98. The summed E-state index contributed by atoms with van der Waals surface area (Å²) < 4.78 is 25.9. The molecule has 0 saturated heterocycles. The molecule has 25 heavy (non-hydrogen) atoms. The molecule has 2 N–H and O–H groups in total. The molecule has 0 aliphatic carbocycles. The molecule has 0 aliphatic heterocycles. The van der Waals surface area contributed by atoms with E-state index in [4.69, 9.17) is 28.9 Å². The van der Waals surface area contributed by atoms with Gasteiger partial charge >= 0.3 is 0 Å². The number of nitrogens with two attached hydrogens (primary N) is 1. The molecule has 3 aromatic rings. The maximum atomic E-state index is 12.6. The molecule has 0 fully saturated rings. The fourth-order valence-corrected chi connectivity index (χ4v) is 4.21. The van der Waals surface area contributed by atoms with Gasteiger partial charge in [-0.3, -0.25) is 0 Å². The van der Waals surface area contributed by atoms with E-state index in [1.807, 2.05) is 12.1 Å². The van der Waals surface area contributed by atoms with Crippen LogP contribution in [0.3, 0.4) is 0 Å². The minimum absolute atomic E-state index is 0.0303. The molecule has 1 heterocycles. The van der Waals surface area contributed by atoms with E-state index in [9.17, 15) is 8.42 Å². The standard InChI is InChI=1S/C15H12Cl2N4O2S2/c16-11-3-1-10(2-4-11)9-24-15-19-14(18)21(20-15)25(22,23)13-7-5-12(17)6-8-13/h1-8H,9H2,(H2,18,19,20). The number of hydrogen-bond donors (Lipinski definition) is 1. The van der Waals surface area contributed by atoms with Crippen LogP contribution in [-0.4, -0.2) is 22.6 Å². The number of nitrogens with zero attached hydrogens (tertiary/aromatic N) is 3. The van der Waals surface area contributed by atoms with Gasteiger partial charge in [-0.2, -0.15) is 13.4 Å². The number of thioether (sulfide) groups is 1. The van der Waals surface area contributed by atoms with Crippen molar-refractivity contribution in [3.8, 4) is 0 Å². The largest absolute Gasteiger partial charge is 0.367 e. The molecule has 0 amide bonds. The van der Waals surface area contributed by atoms with E-state index >= 15 is 0 Å². The topological polar surface area (TPSA) is 90.9 Å². The third-order valence-corrected chi connectivity index (χ3v) is 6.21. The van der Waals surface area contributed by atoms with Crippen LogP contribution >= 0.6 is 35.0 Å². The van der Waals surface area contributed by atoms with Crippen molar-refractivity contribution in [2.75, 3.05) is 5.73 Å². The van der Waals surface area contributed by atoms with Gasteiger partial charge in [0, 0.05) is 15.8 Å². The number of rotatable bonds is 5. The van der Waals surface area contributed by atoms with E-state index in [0.29, 0.717) is 15.8 Å². The van der Waals surface area contributed by atoms with Crippen LogP contribution in [0.5, 0.6) is 0 Å². The molecule has 6 nitrogen and oxygen atoms in total. The number of hydrogen-bond acceptors (Lipinski definition) is 6. The highest BCUT2D eigenvalue weighted by atomic mass is 35.5. The first-order chi connectivity index (χ1) is 11.9. The van der Waals surface area contributed by atoms with Gasteiger partial charge < -0.3 is 5.73 Å². The number of nitrogen functional groups attached to an aromatic ring is 1. The molecule has 0 saturated carbocycles. The first-order valence-corrected chi connectivity index (χ1v) is 10.2. The predicted molar refractivity (Wildman–Crippen MR) is 99.5 cm³/mol. The third kappa shape index (κ3) is 4.09. The van der Waals surface area contributed by atoms with Crippen LogP contribution in [-0.2, 0) is 15.8 Å². The minimum atomic E-state index is -3.93. The molecular weight excluding hydrogens is 403 g/mol. The highest BCUT2D eigenvalue weighted by Gasteiger charge is 2.22. The second kappa shape index (κ2) is 7.25. The fourth-order valence-electron chi connectivity index (χ4n) is 1.96. The van der Waals surface area contributed by atoms with Crippen LogP contribution in [0.4, 0.5) is 5.95 Å². The molecule has 0 atom stereocenters. The molecule has 0 aliphatic rings. The number of halogens is 2. The first-order valence-electron chi connectivity index (χ1n) is 6.97. The van der Waals surface area contributed by atoms with Crippen LogP contribution in [0.1, 0.15) is 5.56 Å². The van der Waals surface area contributed by atoms with Gasteiger partial charge in [-0.1, -0.05) is 47.1 Å². The SMILES string of the molecule is Nc1nc(SCc2ccc(Cl)cc2)nn1S(=O)(=O)c1ccc(Cl)cc1. The summed E-state index contributed by atoms with van der Waals surface area (Å²) in [6, 6.07) is 13.1. The molecule has 10 heteroatoms. The molecule has 1 aromatic heterocycles. The van der Waals surface area contributed by atoms with Gasteiger partial charge in [0.1, 0.15) is 0 Å². The summed E-state index contributed by atoms with van der Waals surface area (Å²) in [7, 11) is -3.93. The monoisotopic (exact) mass is 414 g/mol. The van der Waals surface area contributed by atoms with Crippen molar-refractivity contribution in [2.45, 2.75) is 15.8 Å². The van der Waals surface area contributed by atoms with Gasteiger partial charge in [0.2, 0.25) is 11.1 Å². The Kier molecular flexibility index (Phi) is 5.24. The van der Waals surface area contributed by atoms with Crippen LogP contribution in [0, 0.1) is 0 Å². The van der Waals surface area contributed by atoms with Gasteiger partial charge in [0.15, 0.2) is 0 Å². The molecular formula is C15H12Cl2N4O2S2. The zero-order chi connectivity index (χ0) is 18.0. The fraction of sp³-hybridized carbons (Fsp3) is 0.0667. The van der Waals surface area contributed by atoms with E-state index in [-0.39, 0.29) is 16.0 Å². The van der Waals surface area contributed by atoms with Gasteiger partial charge in [-0.25, -0.2) is 0 Å². The number of anilines is 1. The van der Waals surface area contributed by atoms with Crippen LogP contribution in [0.2, 0.25) is 10.0 Å². The number of benzene rings is 2. The Hall–Kier alpha value is -1.74. The average molecular weight is 415 g/mol. The first kappa shape index (κ1) is 18.1. The van der Waals surface area contributed by atoms with Crippen molar-refractivity contribution in [1.82, 2.24) is 14.2 Å². The second-order valence-corrected chi connectivity index (χ2v) is 8.55. The maximum Gasteiger partial charge on any atom is 0.286 e. The normalized spacial score (nSPS) is 11.6. The quantitative estimate of drug-likeness (QED) is 0.639. The van der Waals surface area contributed by atoms with E-state index in [0.717, 1.165) is 9.65 Å². The van der Waals surface area contributed by atoms with Crippen molar-refractivity contribution in [3.05, 3.63) is 64.1 Å². The molecule has 0 spiro atoms.